The van der Waals surface area contributed by atoms with Crippen molar-refractivity contribution >= 4 is 11.8 Å². The van der Waals surface area contributed by atoms with Crippen LogP contribution in [-0.2, 0) is 9.59 Å². The van der Waals surface area contributed by atoms with E-state index in [1.807, 2.05) is 9.80 Å². The van der Waals surface area contributed by atoms with Gasteiger partial charge in [0.05, 0.1) is 6.54 Å². The predicted molar refractivity (Wildman–Crippen MR) is 68.8 cm³/mol. The van der Waals surface area contributed by atoms with Crippen LogP contribution in [0.1, 0.15) is 32.6 Å². The standard InChI is InChI=1S/C13H23N3O2/c1-10(17)16(12-4-5-12)9-11-3-2-6-15(8-11)13(18)7-14/h11-12H,2-9,14H2,1H3/t11-/m0/s1. The largest absolute Gasteiger partial charge is 0.341 e. The summed E-state index contributed by atoms with van der Waals surface area (Å²) in [5, 5.41) is 0. The van der Waals surface area contributed by atoms with E-state index in [1.165, 1.54) is 0 Å². The van der Waals surface area contributed by atoms with Crippen molar-refractivity contribution in [3.05, 3.63) is 0 Å². The maximum absolute atomic E-state index is 11.6. The lowest BCUT2D eigenvalue weighted by Gasteiger charge is -2.35. The van der Waals surface area contributed by atoms with E-state index in [2.05, 4.69) is 0 Å². The van der Waals surface area contributed by atoms with Gasteiger partial charge in [0.15, 0.2) is 0 Å². The van der Waals surface area contributed by atoms with Gasteiger partial charge in [-0.15, -0.1) is 0 Å². The Kier molecular flexibility index (Phi) is 4.22. The molecule has 1 saturated carbocycles. The van der Waals surface area contributed by atoms with E-state index in [0.29, 0.717) is 12.0 Å². The third-order valence-electron chi connectivity index (χ3n) is 3.89. The molecule has 2 fully saturated rings. The Morgan fingerprint density at radius 1 is 1.33 bits per heavy atom. The number of carbonyl (C=O) groups excluding carboxylic acids is 2. The van der Waals surface area contributed by atoms with Crippen LogP contribution in [0.25, 0.3) is 0 Å². The smallest absolute Gasteiger partial charge is 0.236 e. The van der Waals surface area contributed by atoms with Gasteiger partial charge in [-0.3, -0.25) is 9.59 Å². The summed E-state index contributed by atoms with van der Waals surface area (Å²) in [6.45, 7) is 4.10. The van der Waals surface area contributed by atoms with E-state index < -0.39 is 0 Å². The molecule has 1 heterocycles. The minimum absolute atomic E-state index is 0.0282. The molecule has 2 rings (SSSR count). The molecule has 2 aliphatic rings. The molecule has 18 heavy (non-hydrogen) atoms. The lowest BCUT2D eigenvalue weighted by atomic mass is 9.97. The summed E-state index contributed by atoms with van der Waals surface area (Å²) in [5.74, 6) is 0.610. The molecule has 0 aromatic carbocycles. The van der Waals surface area contributed by atoms with E-state index in [9.17, 15) is 9.59 Å². The Bertz CT molecular complexity index is 328. The number of hydrogen-bond acceptors (Lipinski definition) is 3. The fourth-order valence-corrected chi connectivity index (χ4v) is 2.77. The normalized spacial score (nSPS) is 23.9. The van der Waals surface area contributed by atoms with Crippen LogP contribution in [0, 0.1) is 5.92 Å². The van der Waals surface area contributed by atoms with Crippen LogP contribution in [0.3, 0.4) is 0 Å². The average Bonchev–Trinajstić information content (AvgIpc) is 3.19. The fourth-order valence-electron chi connectivity index (χ4n) is 2.77. The zero-order valence-corrected chi connectivity index (χ0v) is 11.1. The van der Waals surface area contributed by atoms with Crippen LogP contribution in [-0.4, -0.2) is 53.8 Å². The second kappa shape index (κ2) is 5.69. The van der Waals surface area contributed by atoms with E-state index >= 15 is 0 Å². The van der Waals surface area contributed by atoms with E-state index in [0.717, 1.165) is 45.3 Å². The quantitative estimate of drug-likeness (QED) is 0.778. The number of likely N-dealkylation sites (tertiary alicyclic amines) is 1. The zero-order valence-electron chi connectivity index (χ0n) is 11.1. The number of hydrogen-bond donors (Lipinski definition) is 1. The van der Waals surface area contributed by atoms with Gasteiger partial charge in [0.25, 0.3) is 0 Å². The molecule has 0 bridgehead atoms. The van der Waals surface area contributed by atoms with Crippen molar-refractivity contribution in [1.29, 1.82) is 0 Å². The first kappa shape index (κ1) is 13.3. The van der Waals surface area contributed by atoms with Gasteiger partial charge in [0.2, 0.25) is 11.8 Å². The SMILES string of the molecule is CC(=O)N(C[C@H]1CCCN(C(=O)CN)C1)C1CC1. The van der Waals surface area contributed by atoms with Gasteiger partial charge >= 0.3 is 0 Å². The molecule has 2 N–H and O–H groups in total. The molecule has 0 radical (unpaired) electrons. The highest BCUT2D eigenvalue weighted by molar-refractivity contribution is 5.78. The van der Waals surface area contributed by atoms with E-state index in [-0.39, 0.29) is 18.4 Å². The molecule has 1 saturated heterocycles. The van der Waals surface area contributed by atoms with Crippen molar-refractivity contribution in [2.24, 2.45) is 11.7 Å². The highest BCUT2D eigenvalue weighted by Gasteiger charge is 2.33. The van der Waals surface area contributed by atoms with Gasteiger partial charge in [-0.25, -0.2) is 0 Å². The van der Waals surface area contributed by atoms with Gasteiger partial charge in [-0.2, -0.15) is 0 Å². The maximum atomic E-state index is 11.6. The highest BCUT2D eigenvalue weighted by atomic mass is 16.2. The molecule has 1 aliphatic carbocycles. The average molecular weight is 253 g/mol. The Morgan fingerprint density at radius 3 is 2.61 bits per heavy atom. The lowest BCUT2D eigenvalue weighted by Crippen LogP contribution is -2.46. The fraction of sp³-hybridized carbons (Fsp3) is 0.846. The number of rotatable bonds is 4. The Balaban J connectivity index is 1.88. The van der Waals surface area contributed by atoms with Crippen LogP contribution in [0.2, 0.25) is 0 Å². The number of nitrogens with zero attached hydrogens (tertiary/aromatic N) is 2. The molecule has 0 spiro atoms. The first-order valence-corrected chi connectivity index (χ1v) is 6.87. The monoisotopic (exact) mass is 253 g/mol. The Labute approximate surface area is 108 Å². The molecule has 0 aromatic heterocycles. The minimum Gasteiger partial charge on any atom is -0.341 e. The van der Waals surface area contributed by atoms with Crippen molar-refractivity contribution in [1.82, 2.24) is 9.80 Å². The summed E-state index contributed by atoms with van der Waals surface area (Å²) in [4.78, 5) is 27.0. The summed E-state index contributed by atoms with van der Waals surface area (Å²) in [6.07, 6.45) is 4.40. The number of carbonyl (C=O) groups is 2. The van der Waals surface area contributed by atoms with Crippen molar-refractivity contribution in [3.63, 3.8) is 0 Å². The lowest BCUT2D eigenvalue weighted by molar-refractivity contribution is -0.132. The van der Waals surface area contributed by atoms with Crippen LogP contribution in [0.4, 0.5) is 0 Å². The maximum Gasteiger partial charge on any atom is 0.236 e. The van der Waals surface area contributed by atoms with Crippen LogP contribution < -0.4 is 5.73 Å². The Morgan fingerprint density at radius 2 is 2.06 bits per heavy atom. The molecular weight excluding hydrogens is 230 g/mol. The summed E-state index contributed by atoms with van der Waals surface area (Å²) in [6, 6.07) is 0.461. The highest BCUT2D eigenvalue weighted by Crippen LogP contribution is 2.29. The van der Waals surface area contributed by atoms with Crippen LogP contribution >= 0.6 is 0 Å². The molecule has 5 heteroatoms. The van der Waals surface area contributed by atoms with Crippen molar-refractivity contribution < 1.29 is 9.59 Å². The predicted octanol–water partition coefficient (Wildman–Crippen LogP) is 0.195. The van der Waals surface area contributed by atoms with Gasteiger partial charge in [0, 0.05) is 32.6 Å². The second-order valence-corrected chi connectivity index (χ2v) is 5.45. The molecule has 0 unspecified atom stereocenters. The van der Waals surface area contributed by atoms with E-state index in [1.54, 1.807) is 6.92 Å². The Hall–Kier alpha value is -1.10. The van der Waals surface area contributed by atoms with E-state index in [4.69, 9.17) is 5.73 Å². The zero-order chi connectivity index (χ0) is 13.1. The molecule has 5 nitrogen and oxygen atoms in total. The van der Waals surface area contributed by atoms with Gasteiger partial charge < -0.3 is 15.5 Å². The second-order valence-electron chi connectivity index (χ2n) is 5.45. The minimum atomic E-state index is 0.0282. The molecular formula is C13H23N3O2. The summed E-state index contributed by atoms with van der Waals surface area (Å²) in [7, 11) is 0. The molecule has 1 aliphatic heterocycles. The van der Waals surface area contributed by atoms with Crippen molar-refractivity contribution in [2.45, 2.75) is 38.6 Å². The molecule has 102 valence electrons. The van der Waals surface area contributed by atoms with Gasteiger partial charge in [-0.1, -0.05) is 0 Å². The molecule has 0 aromatic rings. The van der Waals surface area contributed by atoms with Gasteiger partial charge in [-0.05, 0) is 31.6 Å². The third-order valence-corrected chi connectivity index (χ3v) is 3.89. The summed E-state index contributed by atoms with van der Waals surface area (Å²) >= 11 is 0. The van der Waals surface area contributed by atoms with Crippen molar-refractivity contribution in [2.75, 3.05) is 26.2 Å². The third kappa shape index (κ3) is 3.22. The number of amides is 2. The van der Waals surface area contributed by atoms with Gasteiger partial charge in [0.1, 0.15) is 0 Å². The summed E-state index contributed by atoms with van der Waals surface area (Å²) < 4.78 is 0. The number of piperidine rings is 1. The van der Waals surface area contributed by atoms with Crippen molar-refractivity contribution in [3.8, 4) is 0 Å². The van der Waals surface area contributed by atoms with Crippen LogP contribution in [0.15, 0.2) is 0 Å². The molecule has 2 amide bonds. The summed E-state index contributed by atoms with van der Waals surface area (Å²) in [5.41, 5.74) is 5.40. The topological polar surface area (TPSA) is 66.6 Å². The van der Waals surface area contributed by atoms with Crippen LogP contribution in [0.5, 0.6) is 0 Å². The molecule has 1 atom stereocenters. The first-order valence-electron chi connectivity index (χ1n) is 6.87. The number of nitrogens with two attached hydrogens (primary N) is 1. The first-order chi connectivity index (χ1) is 8.61.